The number of hydrogen-bond donors (Lipinski definition) is 0. The SMILES string of the molecule is COc1ccc2nc3cc(Cl)ccc3c(N=NCc3ccc(CN4CCCC4)cc3)c2c1. The molecule has 1 aromatic heterocycles. The highest BCUT2D eigenvalue weighted by Gasteiger charge is 2.12. The van der Waals surface area contributed by atoms with E-state index >= 15 is 0 Å². The maximum absolute atomic E-state index is 6.20. The van der Waals surface area contributed by atoms with Gasteiger partial charge in [0.05, 0.1) is 24.7 Å². The second-order valence-corrected chi connectivity index (χ2v) is 8.64. The Balaban J connectivity index is 1.42. The molecule has 5 nitrogen and oxygen atoms in total. The van der Waals surface area contributed by atoms with Crippen LogP contribution in [0.2, 0.25) is 5.02 Å². The van der Waals surface area contributed by atoms with Gasteiger partial charge in [-0.25, -0.2) is 4.98 Å². The van der Waals surface area contributed by atoms with Gasteiger partial charge in [0.25, 0.3) is 0 Å². The Kier molecular flexibility index (Phi) is 6.02. The first-order chi connectivity index (χ1) is 15.7. The Morgan fingerprint density at radius 1 is 0.906 bits per heavy atom. The lowest BCUT2D eigenvalue weighted by atomic mass is 10.1. The first kappa shape index (κ1) is 20.9. The van der Waals surface area contributed by atoms with Crippen LogP contribution in [0.3, 0.4) is 0 Å². The zero-order chi connectivity index (χ0) is 21.9. The molecule has 0 aliphatic carbocycles. The van der Waals surface area contributed by atoms with Gasteiger partial charge in [0.2, 0.25) is 0 Å². The Labute approximate surface area is 192 Å². The number of ether oxygens (including phenoxy) is 1. The highest BCUT2D eigenvalue weighted by atomic mass is 35.5. The Bertz CT molecular complexity index is 1280. The summed E-state index contributed by atoms with van der Waals surface area (Å²) in [6.07, 6.45) is 2.63. The van der Waals surface area contributed by atoms with Crippen molar-refractivity contribution in [3.05, 3.63) is 76.8 Å². The average molecular weight is 445 g/mol. The van der Waals surface area contributed by atoms with E-state index in [9.17, 15) is 0 Å². The second kappa shape index (κ2) is 9.23. The van der Waals surface area contributed by atoms with Gasteiger partial charge >= 0.3 is 0 Å². The van der Waals surface area contributed by atoms with Gasteiger partial charge in [-0.1, -0.05) is 35.9 Å². The topological polar surface area (TPSA) is 50.1 Å². The van der Waals surface area contributed by atoms with Crippen molar-refractivity contribution in [2.45, 2.75) is 25.9 Å². The zero-order valence-electron chi connectivity index (χ0n) is 18.1. The standard InChI is InChI=1S/C26H25ClN4O/c1-32-21-9-11-24-23(15-21)26(22-10-8-20(27)14-25(22)29-24)30-28-16-18-4-6-19(7-5-18)17-31-12-2-3-13-31/h4-11,14-15H,2-3,12-13,16-17H2,1H3. The van der Waals surface area contributed by atoms with Gasteiger partial charge in [-0.05, 0) is 73.5 Å². The Hall–Kier alpha value is -3.02. The van der Waals surface area contributed by atoms with Gasteiger partial charge in [-0.15, -0.1) is 0 Å². The Morgan fingerprint density at radius 3 is 2.47 bits per heavy atom. The van der Waals surface area contributed by atoms with E-state index in [1.807, 2.05) is 36.4 Å². The molecule has 4 aromatic rings. The lowest BCUT2D eigenvalue weighted by Gasteiger charge is -2.14. The molecule has 0 spiro atoms. The van der Waals surface area contributed by atoms with Crippen molar-refractivity contribution in [2.75, 3.05) is 20.2 Å². The van der Waals surface area contributed by atoms with Gasteiger partial charge in [0.1, 0.15) is 11.4 Å². The summed E-state index contributed by atoms with van der Waals surface area (Å²) in [6, 6.07) is 20.2. The Morgan fingerprint density at radius 2 is 1.69 bits per heavy atom. The molecule has 32 heavy (non-hydrogen) atoms. The number of methoxy groups -OCH3 is 1. The number of pyridine rings is 1. The van der Waals surface area contributed by atoms with Crippen LogP contribution in [0, 0.1) is 0 Å². The van der Waals surface area contributed by atoms with Crippen molar-refractivity contribution in [2.24, 2.45) is 10.2 Å². The molecule has 0 amide bonds. The molecule has 0 unspecified atom stereocenters. The van der Waals surface area contributed by atoms with Crippen LogP contribution in [0.5, 0.6) is 5.75 Å². The van der Waals surface area contributed by atoms with E-state index in [2.05, 4.69) is 39.4 Å². The number of azo groups is 1. The molecule has 3 aromatic carbocycles. The van der Waals surface area contributed by atoms with Crippen molar-refractivity contribution in [1.82, 2.24) is 9.88 Å². The average Bonchev–Trinajstić information content (AvgIpc) is 3.32. The molecule has 0 saturated carbocycles. The quantitative estimate of drug-likeness (QED) is 0.239. The minimum absolute atomic E-state index is 0.521. The fourth-order valence-corrected chi connectivity index (χ4v) is 4.41. The van der Waals surface area contributed by atoms with Crippen molar-refractivity contribution < 1.29 is 4.74 Å². The van der Waals surface area contributed by atoms with Gasteiger partial charge in [0.15, 0.2) is 0 Å². The van der Waals surface area contributed by atoms with Crippen molar-refractivity contribution in [3.63, 3.8) is 0 Å². The van der Waals surface area contributed by atoms with Crippen LogP contribution in [0.25, 0.3) is 21.8 Å². The first-order valence-corrected chi connectivity index (χ1v) is 11.3. The van der Waals surface area contributed by atoms with Crippen LogP contribution < -0.4 is 4.74 Å². The van der Waals surface area contributed by atoms with E-state index in [1.54, 1.807) is 7.11 Å². The number of halogens is 1. The van der Waals surface area contributed by atoms with Crippen molar-refractivity contribution in [1.29, 1.82) is 0 Å². The molecule has 1 fully saturated rings. The molecule has 162 valence electrons. The van der Waals surface area contributed by atoms with Gasteiger partial charge in [0, 0.05) is 22.3 Å². The molecule has 1 saturated heterocycles. The largest absolute Gasteiger partial charge is 0.497 e. The van der Waals surface area contributed by atoms with Crippen LogP contribution in [0.1, 0.15) is 24.0 Å². The third-order valence-electron chi connectivity index (χ3n) is 5.97. The minimum atomic E-state index is 0.521. The van der Waals surface area contributed by atoms with E-state index < -0.39 is 0 Å². The minimum Gasteiger partial charge on any atom is -0.497 e. The summed E-state index contributed by atoms with van der Waals surface area (Å²) < 4.78 is 5.42. The summed E-state index contributed by atoms with van der Waals surface area (Å²) in [5.74, 6) is 0.762. The van der Waals surface area contributed by atoms with E-state index in [0.717, 1.165) is 45.4 Å². The fourth-order valence-electron chi connectivity index (χ4n) is 4.25. The van der Waals surface area contributed by atoms with Crippen LogP contribution in [-0.2, 0) is 13.1 Å². The molecule has 5 rings (SSSR count). The predicted octanol–water partition coefficient (Wildman–Crippen LogP) is 6.93. The number of likely N-dealkylation sites (tertiary alicyclic amines) is 1. The van der Waals surface area contributed by atoms with Crippen LogP contribution in [-0.4, -0.2) is 30.1 Å². The first-order valence-electron chi connectivity index (χ1n) is 10.9. The smallest absolute Gasteiger partial charge is 0.119 e. The van der Waals surface area contributed by atoms with Crippen molar-refractivity contribution in [3.8, 4) is 5.75 Å². The third kappa shape index (κ3) is 4.45. The maximum atomic E-state index is 6.20. The molecule has 1 aliphatic heterocycles. The summed E-state index contributed by atoms with van der Waals surface area (Å²) >= 11 is 6.20. The van der Waals surface area contributed by atoms with Crippen LogP contribution in [0.15, 0.2) is 70.9 Å². The summed E-state index contributed by atoms with van der Waals surface area (Å²) in [5, 5.41) is 11.7. The molecular formula is C26H25ClN4O. The monoisotopic (exact) mass is 444 g/mol. The molecule has 1 aliphatic rings. The molecule has 0 radical (unpaired) electrons. The van der Waals surface area contributed by atoms with E-state index in [4.69, 9.17) is 21.3 Å². The number of fused-ring (bicyclic) bond motifs is 2. The van der Waals surface area contributed by atoms with Crippen LogP contribution in [0.4, 0.5) is 5.69 Å². The summed E-state index contributed by atoms with van der Waals surface area (Å²) in [7, 11) is 1.66. The maximum Gasteiger partial charge on any atom is 0.119 e. The molecule has 0 bridgehead atoms. The fraction of sp³-hybridized carbons (Fsp3) is 0.269. The normalized spacial score (nSPS) is 14.7. The van der Waals surface area contributed by atoms with Gasteiger partial charge in [-0.3, -0.25) is 4.90 Å². The van der Waals surface area contributed by atoms with Gasteiger partial charge < -0.3 is 4.74 Å². The van der Waals surface area contributed by atoms with Gasteiger partial charge in [-0.2, -0.15) is 10.2 Å². The van der Waals surface area contributed by atoms with E-state index in [1.165, 1.54) is 31.5 Å². The van der Waals surface area contributed by atoms with Crippen LogP contribution >= 0.6 is 11.6 Å². The number of nitrogens with zero attached hydrogens (tertiary/aromatic N) is 4. The lowest BCUT2D eigenvalue weighted by molar-refractivity contribution is 0.331. The second-order valence-electron chi connectivity index (χ2n) is 8.20. The lowest BCUT2D eigenvalue weighted by Crippen LogP contribution is -2.18. The molecule has 2 heterocycles. The molecule has 6 heteroatoms. The van der Waals surface area contributed by atoms with E-state index in [0.29, 0.717) is 11.6 Å². The number of hydrogen-bond acceptors (Lipinski definition) is 5. The molecule has 0 atom stereocenters. The summed E-state index contributed by atoms with van der Waals surface area (Å²) in [6.45, 7) is 3.97. The summed E-state index contributed by atoms with van der Waals surface area (Å²) in [5.41, 5.74) is 4.91. The summed E-state index contributed by atoms with van der Waals surface area (Å²) in [4.78, 5) is 7.26. The molecular weight excluding hydrogens is 420 g/mol. The number of rotatable bonds is 6. The third-order valence-corrected chi connectivity index (χ3v) is 6.20. The molecule has 0 N–H and O–H groups in total. The van der Waals surface area contributed by atoms with Crippen molar-refractivity contribution >= 4 is 39.1 Å². The van der Waals surface area contributed by atoms with E-state index in [-0.39, 0.29) is 0 Å². The highest BCUT2D eigenvalue weighted by molar-refractivity contribution is 6.31. The number of aromatic nitrogens is 1. The predicted molar refractivity (Wildman–Crippen MR) is 130 cm³/mol. The zero-order valence-corrected chi connectivity index (χ0v) is 18.8. The number of benzene rings is 3. The highest BCUT2D eigenvalue weighted by Crippen LogP contribution is 2.36.